The van der Waals surface area contributed by atoms with Crippen molar-refractivity contribution in [1.82, 2.24) is 0 Å². The van der Waals surface area contributed by atoms with Gasteiger partial charge >= 0.3 is 0 Å². The van der Waals surface area contributed by atoms with Crippen LogP contribution in [0.5, 0.6) is 5.75 Å². The fourth-order valence-electron chi connectivity index (χ4n) is 1.75. The molecular weight excluding hydrogens is 186 g/mol. The summed E-state index contributed by atoms with van der Waals surface area (Å²) in [6.07, 6.45) is 1.05. The molecule has 2 unspecified atom stereocenters. The van der Waals surface area contributed by atoms with Crippen molar-refractivity contribution < 1.29 is 5.11 Å². The van der Waals surface area contributed by atoms with E-state index in [1.165, 1.54) is 0 Å². The van der Waals surface area contributed by atoms with Crippen LogP contribution in [-0.2, 0) is 0 Å². The average Bonchev–Trinajstić information content (AvgIpc) is 2.83. The topological polar surface area (TPSA) is 46.2 Å². The summed E-state index contributed by atoms with van der Waals surface area (Å²) in [7, 11) is 0. The number of phenols is 1. The predicted octanol–water partition coefficient (Wildman–Crippen LogP) is 2.11. The first-order valence-corrected chi connectivity index (χ1v) is 4.79. The van der Waals surface area contributed by atoms with Crippen LogP contribution in [-0.4, -0.2) is 11.7 Å². The zero-order valence-corrected chi connectivity index (χ0v) is 7.96. The highest BCUT2D eigenvalue weighted by Gasteiger charge is 2.39. The minimum Gasteiger partial charge on any atom is -0.508 e. The third kappa shape index (κ3) is 1.52. The Morgan fingerprint density at radius 3 is 2.85 bits per heavy atom. The molecule has 0 heterocycles. The van der Waals surface area contributed by atoms with Crippen molar-refractivity contribution in [3.8, 4) is 5.75 Å². The summed E-state index contributed by atoms with van der Waals surface area (Å²) < 4.78 is 0. The fraction of sp³-hybridized carbons (Fsp3) is 0.400. The maximum atomic E-state index is 9.59. The first-order chi connectivity index (χ1) is 6.24. The van der Waals surface area contributed by atoms with Crippen molar-refractivity contribution in [2.45, 2.75) is 12.3 Å². The van der Waals surface area contributed by atoms with Gasteiger partial charge in [-0.3, -0.25) is 0 Å². The molecule has 0 aliphatic heterocycles. The van der Waals surface area contributed by atoms with Crippen LogP contribution in [0.25, 0.3) is 0 Å². The minimum absolute atomic E-state index is 0.299. The van der Waals surface area contributed by atoms with Gasteiger partial charge in [0.05, 0.1) is 0 Å². The molecule has 2 atom stereocenters. The molecule has 13 heavy (non-hydrogen) atoms. The van der Waals surface area contributed by atoms with Crippen molar-refractivity contribution in [2.24, 2.45) is 11.7 Å². The van der Waals surface area contributed by atoms with E-state index in [1.54, 1.807) is 12.1 Å². The molecule has 0 aromatic heterocycles. The molecule has 1 aromatic rings. The third-order valence-corrected chi connectivity index (χ3v) is 2.96. The Kier molecular flexibility index (Phi) is 2.18. The number of rotatable bonds is 2. The van der Waals surface area contributed by atoms with Crippen LogP contribution < -0.4 is 5.73 Å². The molecule has 1 aliphatic rings. The molecule has 2 nitrogen and oxygen atoms in total. The van der Waals surface area contributed by atoms with Crippen molar-refractivity contribution in [3.05, 3.63) is 28.8 Å². The highest BCUT2D eigenvalue weighted by Crippen LogP contribution is 2.51. The maximum Gasteiger partial charge on any atom is 0.120 e. The number of hydrogen-bond acceptors (Lipinski definition) is 2. The van der Waals surface area contributed by atoms with Gasteiger partial charge in [-0.05, 0) is 36.9 Å². The lowest BCUT2D eigenvalue weighted by Crippen LogP contribution is -2.02. The third-order valence-electron chi connectivity index (χ3n) is 2.63. The van der Waals surface area contributed by atoms with Crippen LogP contribution in [0, 0.1) is 5.92 Å². The highest BCUT2D eigenvalue weighted by molar-refractivity contribution is 6.31. The van der Waals surface area contributed by atoms with Crippen LogP contribution in [0.4, 0.5) is 0 Å². The molecule has 70 valence electrons. The fourth-order valence-corrected chi connectivity index (χ4v) is 2.06. The van der Waals surface area contributed by atoms with Gasteiger partial charge in [0.25, 0.3) is 0 Å². The molecule has 3 heteroatoms. The van der Waals surface area contributed by atoms with E-state index in [1.807, 2.05) is 6.07 Å². The van der Waals surface area contributed by atoms with Gasteiger partial charge in [0, 0.05) is 10.6 Å². The normalized spacial score (nSPS) is 26.0. The van der Waals surface area contributed by atoms with Crippen molar-refractivity contribution in [3.63, 3.8) is 0 Å². The molecule has 1 aliphatic carbocycles. The van der Waals surface area contributed by atoms with E-state index in [-0.39, 0.29) is 0 Å². The number of nitrogens with two attached hydrogens (primary N) is 1. The first kappa shape index (κ1) is 8.85. The van der Waals surface area contributed by atoms with Crippen molar-refractivity contribution in [2.75, 3.05) is 6.54 Å². The van der Waals surface area contributed by atoms with Crippen LogP contribution in [0.2, 0.25) is 5.02 Å². The Hall–Kier alpha value is -0.730. The Labute approximate surface area is 82.3 Å². The van der Waals surface area contributed by atoms with Gasteiger partial charge in [-0.1, -0.05) is 17.7 Å². The zero-order chi connectivity index (χ0) is 9.42. The molecule has 0 radical (unpaired) electrons. The number of halogens is 1. The van der Waals surface area contributed by atoms with E-state index in [0.717, 1.165) is 12.0 Å². The van der Waals surface area contributed by atoms with Gasteiger partial charge < -0.3 is 10.8 Å². The van der Waals surface area contributed by atoms with Crippen LogP contribution in [0.3, 0.4) is 0 Å². The number of aromatic hydroxyl groups is 1. The number of hydrogen-bond donors (Lipinski definition) is 2. The number of benzene rings is 1. The minimum atomic E-state index is 0.299. The molecule has 1 aromatic carbocycles. The molecule has 1 saturated carbocycles. The quantitative estimate of drug-likeness (QED) is 0.763. The summed E-state index contributed by atoms with van der Waals surface area (Å²) in [4.78, 5) is 0. The summed E-state index contributed by atoms with van der Waals surface area (Å²) in [5.74, 6) is 1.18. The molecule has 0 spiro atoms. The first-order valence-electron chi connectivity index (χ1n) is 4.41. The largest absolute Gasteiger partial charge is 0.508 e. The Balaban J connectivity index is 2.30. The summed E-state index contributed by atoms with van der Waals surface area (Å²) in [6.45, 7) is 0.676. The lowest BCUT2D eigenvalue weighted by atomic mass is 10.1. The van der Waals surface area contributed by atoms with Crippen LogP contribution >= 0.6 is 11.6 Å². The van der Waals surface area contributed by atoms with E-state index in [2.05, 4.69) is 0 Å². The number of phenolic OH excluding ortho intramolecular Hbond substituents is 1. The monoisotopic (exact) mass is 197 g/mol. The molecule has 1 fully saturated rings. The second-order valence-corrected chi connectivity index (χ2v) is 3.92. The standard InChI is InChI=1S/C10H12ClNO/c11-8-2-1-3-9(13)10(8)7-4-6(7)5-12/h1-3,6-7,13H,4-5,12H2. The summed E-state index contributed by atoms with van der Waals surface area (Å²) >= 11 is 5.99. The highest BCUT2D eigenvalue weighted by atomic mass is 35.5. The van der Waals surface area contributed by atoms with E-state index in [9.17, 15) is 5.11 Å². The second kappa shape index (κ2) is 3.20. The summed E-state index contributed by atoms with van der Waals surface area (Å²) in [5, 5.41) is 10.2. The van der Waals surface area contributed by atoms with E-state index < -0.39 is 0 Å². The maximum absolute atomic E-state index is 9.59. The Morgan fingerprint density at radius 2 is 2.31 bits per heavy atom. The molecule has 2 rings (SSSR count). The average molecular weight is 198 g/mol. The molecule has 3 N–H and O–H groups in total. The van der Waals surface area contributed by atoms with Gasteiger partial charge in [-0.2, -0.15) is 0 Å². The van der Waals surface area contributed by atoms with Crippen molar-refractivity contribution >= 4 is 11.6 Å². The van der Waals surface area contributed by atoms with E-state index >= 15 is 0 Å². The van der Waals surface area contributed by atoms with Gasteiger partial charge in [0.15, 0.2) is 0 Å². The van der Waals surface area contributed by atoms with Crippen LogP contribution in [0.1, 0.15) is 17.9 Å². The lowest BCUT2D eigenvalue weighted by molar-refractivity contribution is 0.467. The summed E-state index contributed by atoms with van der Waals surface area (Å²) in [5.41, 5.74) is 6.41. The lowest BCUT2D eigenvalue weighted by Gasteiger charge is -2.05. The van der Waals surface area contributed by atoms with Crippen molar-refractivity contribution in [1.29, 1.82) is 0 Å². The molecule has 0 amide bonds. The second-order valence-electron chi connectivity index (χ2n) is 3.51. The van der Waals surface area contributed by atoms with Gasteiger partial charge in [-0.25, -0.2) is 0 Å². The van der Waals surface area contributed by atoms with Crippen LogP contribution in [0.15, 0.2) is 18.2 Å². The Morgan fingerprint density at radius 1 is 1.54 bits per heavy atom. The molecule has 0 saturated heterocycles. The SMILES string of the molecule is NCC1CC1c1c(O)cccc1Cl. The predicted molar refractivity (Wildman–Crippen MR) is 53.0 cm³/mol. The van der Waals surface area contributed by atoms with Gasteiger partial charge in [0.1, 0.15) is 5.75 Å². The van der Waals surface area contributed by atoms with E-state index in [4.69, 9.17) is 17.3 Å². The van der Waals surface area contributed by atoms with Gasteiger partial charge in [0.2, 0.25) is 0 Å². The smallest absolute Gasteiger partial charge is 0.120 e. The van der Waals surface area contributed by atoms with E-state index in [0.29, 0.717) is 29.2 Å². The Bertz CT molecular complexity index is 306. The zero-order valence-electron chi connectivity index (χ0n) is 7.20. The summed E-state index contributed by atoms with van der Waals surface area (Å²) in [6, 6.07) is 5.23. The molecule has 0 bridgehead atoms. The molecular formula is C10H12ClNO. The van der Waals surface area contributed by atoms with Gasteiger partial charge in [-0.15, -0.1) is 0 Å².